The third kappa shape index (κ3) is 3.94. The van der Waals surface area contributed by atoms with Crippen LogP contribution in [0.1, 0.15) is 19.4 Å². The van der Waals surface area contributed by atoms with Crippen molar-refractivity contribution in [2.24, 2.45) is 0 Å². The summed E-state index contributed by atoms with van der Waals surface area (Å²) in [5.74, 6) is 0.828. The summed E-state index contributed by atoms with van der Waals surface area (Å²) in [7, 11) is 1.69. The first kappa shape index (κ1) is 25.4. The van der Waals surface area contributed by atoms with Crippen LogP contribution in [0.4, 0.5) is 17.1 Å². The first-order valence-corrected chi connectivity index (χ1v) is 14.7. The number of hydrogen-bond acceptors (Lipinski definition) is 3. The van der Waals surface area contributed by atoms with Gasteiger partial charge in [-0.1, -0.05) is 66.7 Å². The van der Waals surface area contributed by atoms with Gasteiger partial charge in [0.05, 0.1) is 41.6 Å². The average molecular weight is 558 g/mol. The number of rotatable bonds is 5. The zero-order valence-electron chi connectivity index (χ0n) is 24.5. The molecule has 5 aromatic carbocycles. The van der Waals surface area contributed by atoms with Crippen molar-refractivity contribution >= 4 is 38.7 Å². The Hall–Kier alpha value is -5.35. The molecule has 2 aromatic heterocycles. The van der Waals surface area contributed by atoms with Gasteiger partial charge in [-0.15, -0.1) is 0 Å². The molecule has 7 aromatic rings. The Morgan fingerprint density at radius 1 is 0.698 bits per heavy atom. The summed E-state index contributed by atoms with van der Waals surface area (Å²) in [6.07, 6.45) is 1.98. The van der Waals surface area contributed by atoms with Crippen molar-refractivity contribution in [1.29, 1.82) is 0 Å². The first-order valence-electron chi connectivity index (χ1n) is 14.7. The molecule has 0 aliphatic carbocycles. The minimum atomic E-state index is -0.0956. The maximum absolute atomic E-state index is 5.44. The van der Waals surface area contributed by atoms with E-state index in [1.165, 1.54) is 38.5 Å². The zero-order chi connectivity index (χ0) is 29.1. The van der Waals surface area contributed by atoms with E-state index in [0.29, 0.717) is 0 Å². The van der Waals surface area contributed by atoms with Gasteiger partial charge in [-0.2, -0.15) is 0 Å². The van der Waals surface area contributed by atoms with Gasteiger partial charge in [0.25, 0.3) is 0 Å². The third-order valence-corrected chi connectivity index (χ3v) is 8.86. The van der Waals surface area contributed by atoms with Gasteiger partial charge in [-0.25, -0.2) is 0 Å². The number of benzene rings is 5. The van der Waals surface area contributed by atoms with Crippen LogP contribution >= 0.6 is 0 Å². The highest BCUT2D eigenvalue weighted by atomic mass is 16.5. The first-order chi connectivity index (χ1) is 21.0. The van der Waals surface area contributed by atoms with Crippen LogP contribution < -0.4 is 9.64 Å². The second-order valence-electron chi connectivity index (χ2n) is 11.7. The van der Waals surface area contributed by atoms with Crippen LogP contribution in [0.25, 0.3) is 44.2 Å². The maximum Gasteiger partial charge on any atom is 0.119 e. The Labute approximate surface area is 251 Å². The van der Waals surface area contributed by atoms with Crippen molar-refractivity contribution in [3.05, 3.63) is 139 Å². The summed E-state index contributed by atoms with van der Waals surface area (Å²) < 4.78 is 7.92. The molecule has 0 spiro atoms. The fourth-order valence-electron chi connectivity index (χ4n) is 6.79. The van der Waals surface area contributed by atoms with E-state index >= 15 is 0 Å². The highest BCUT2D eigenvalue weighted by Crippen LogP contribution is 2.47. The molecule has 0 bridgehead atoms. The molecule has 1 aliphatic heterocycles. The number of anilines is 3. The molecule has 4 heteroatoms. The number of pyridine rings is 1. The number of hydrogen-bond donors (Lipinski definition) is 0. The summed E-state index contributed by atoms with van der Waals surface area (Å²) in [4.78, 5) is 7.26. The molecule has 0 saturated carbocycles. The Balaban J connectivity index is 1.21. The second kappa shape index (κ2) is 9.60. The molecule has 1 aliphatic rings. The number of methoxy groups -OCH3 is 1. The van der Waals surface area contributed by atoms with E-state index in [4.69, 9.17) is 9.72 Å². The van der Waals surface area contributed by atoms with Crippen LogP contribution in [0.3, 0.4) is 0 Å². The van der Waals surface area contributed by atoms with Crippen LogP contribution in [0.2, 0.25) is 0 Å². The Bertz CT molecular complexity index is 2130. The van der Waals surface area contributed by atoms with E-state index in [-0.39, 0.29) is 5.54 Å². The van der Waals surface area contributed by atoms with E-state index in [0.717, 1.165) is 34.1 Å². The lowest BCUT2D eigenvalue weighted by Gasteiger charge is -2.27. The van der Waals surface area contributed by atoms with Gasteiger partial charge >= 0.3 is 0 Å². The number of fused-ring (bicyclic) bond motifs is 6. The molecule has 208 valence electrons. The third-order valence-electron chi connectivity index (χ3n) is 8.86. The van der Waals surface area contributed by atoms with Crippen molar-refractivity contribution in [3.63, 3.8) is 0 Å². The van der Waals surface area contributed by atoms with Crippen LogP contribution in [-0.4, -0.2) is 16.7 Å². The Morgan fingerprint density at radius 3 is 2.28 bits per heavy atom. The molecule has 43 heavy (non-hydrogen) atoms. The predicted molar refractivity (Wildman–Crippen MR) is 178 cm³/mol. The van der Waals surface area contributed by atoms with Gasteiger partial charge in [-0.05, 0) is 85.5 Å². The van der Waals surface area contributed by atoms with Gasteiger partial charge in [0.15, 0.2) is 0 Å². The minimum Gasteiger partial charge on any atom is -0.497 e. The normalized spacial score (nSPS) is 13.2. The van der Waals surface area contributed by atoms with E-state index in [1.807, 2.05) is 18.3 Å². The van der Waals surface area contributed by atoms with Gasteiger partial charge in [0, 0.05) is 33.1 Å². The SMILES string of the molecule is COc1ccc(N(c2ccc(-c3ccc4c(c3)cc3n4C(C)(C)c4ccccc4-3)nc2)c2cccc3ccccc23)cc1. The molecule has 0 N–H and O–H groups in total. The van der Waals surface area contributed by atoms with Crippen molar-refractivity contribution in [2.45, 2.75) is 19.4 Å². The van der Waals surface area contributed by atoms with Gasteiger partial charge in [0.2, 0.25) is 0 Å². The summed E-state index contributed by atoms with van der Waals surface area (Å²) in [6.45, 7) is 4.61. The van der Waals surface area contributed by atoms with E-state index in [1.54, 1.807) is 7.11 Å². The lowest BCUT2D eigenvalue weighted by molar-refractivity contribution is 0.415. The summed E-state index contributed by atoms with van der Waals surface area (Å²) >= 11 is 0. The molecule has 8 rings (SSSR count). The molecule has 0 atom stereocenters. The summed E-state index contributed by atoms with van der Waals surface area (Å²) in [5.41, 5.74) is 10.3. The molecule has 3 heterocycles. The van der Waals surface area contributed by atoms with Gasteiger partial charge in [-0.3, -0.25) is 4.98 Å². The highest BCUT2D eigenvalue weighted by molar-refractivity contribution is 5.99. The van der Waals surface area contributed by atoms with E-state index in [2.05, 4.69) is 139 Å². The monoisotopic (exact) mass is 557 g/mol. The molecule has 0 amide bonds. The fraction of sp³-hybridized carbons (Fsp3) is 0.103. The van der Waals surface area contributed by atoms with Crippen molar-refractivity contribution in [2.75, 3.05) is 12.0 Å². The predicted octanol–water partition coefficient (Wildman–Crippen LogP) is 10.1. The summed E-state index contributed by atoms with van der Waals surface area (Å²) in [5, 5.41) is 3.61. The average Bonchev–Trinajstić information content (AvgIpc) is 3.55. The van der Waals surface area contributed by atoms with Crippen molar-refractivity contribution < 1.29 is 4.74 Å². The standard InChI is InChI=1S/C39H31N3O/c1-39(2)34-13-7-6-12-33(34)38-24-28-23-27(15-22-36(28)42(38)39)35-21-18-30(25-40-35)41(29-16-19-31(43-3)20-17-29)37-14-8-10-26-9-4-5-11-32(26)37/h4-25H,1-3H3. The fourth-order valence-corrected chi connectivity index (χ4v) is 6.79. The van der Waals surface area contributed by atoms with Crippen LogP contribution in [-0.2, 0) is 5.54 Å². The Morgan fingerprint density at radius 2 is 1.47 bits per heavy atom. The van der Waals surface area contributed by atoms with E-state index in [9.17, 15) is 0 Å². The minimum absolute atomic E-state index is 0.0956. The molecule has 4 nitrogen and oxygen atoms in total. The molecule has 0 saturated heterocycles. The number of ether oxygens (including phenoxy) is 1. The van der Waals surface area contributed by atoms with Crippen LogP contribution in [0, 0.1) is 0 Å². The van der Waals surface area contributed by atoms with Crippen LogP contribution in [0.5, 0.6) is 5.75 Å². The van der Waals surface area contributed by atoms with Crippen molar-refractivity contribution in [1.82, 2.24) is 9.55 Å². The van der Waals surface area contributed by atoms with Crippen molar-refractivity contribution in [3.8, 4) is 28.3 Å². The lowest BCUT2D eigenvalue weighted by Crippen LogP contribution is -2.23. The smallest absolute Gasteiger partial charge is 0.119 e. The van der Waals surface area contributed by atoms with Gasteiger partial charge in [0.1, 0.15) is 5.75 Å². The molecule has 0 radical (unpaired) electrons. The zero-order valence-corrected chi connectivity index (χ0v) is 24.5. The van der Waals surface area contributed by atoms with E-state index < -0.39 is 0 Å². The number of aromatic nitrogens is 2. The molecule has 0 unspecified atom stereocenters. The maximum atomic E-state index is 5.44. The van der Waals surface area contributed by atoms with Crippen LogP contribution in [0.15, 0.2) is 134 Å². The molecule has 0 fully saturated rings. The summed E-state index contributed by atoms with van der Waals surface area (Å²) in [6, 6.07) is 45.2. The van der Waals surface area contributed by atoms with Gasteiger partial charge < -0.3 is 14.2 Å². The lowest BCUT2D eigenvalue weighted by atomic mass is 9.92. The largest absolute Gasteiger partial charge is 0.497 e. The quantitative estimate of drug-likeness (QED) is 0.211. The number of nitrogens with zero attached hydrogens (tertiary/aromatic N) is 3. The Kier molecular flexibility index (Phi) is 5.66. The topological polar surface area (TPSA) is 30.3 Å². The highest BCUT2D eigenvalue weighted by Gasteiger charge is 2.36. The molecular weight excluding hydrogens is 526 g/mol. The molecular formula is C39H31N3O. The second-order valence-corrected chi connectivity index (χ2v) is 11.7.